The Kier molecular flexibility index (Phi) is 7.00. The van der Waals surface area contributed by atoms with Crippen molar-refractivity contribution in [3.63, 3.8) is 0 Å². The van der Waals surface area contributed by atoms with Gasteiger partial charge in [-0.3, -0.25) is 4.79 Å². The van der Waals surface area contributed by atoms with Crippen molar-refractivity contribution in [2.24, 2.45) is 13.0 Å². The third kappa shape index (κ3) is 5.48. The van der Waals surface area contributed by atoms with Crippen molar-refractivity contribution in [2.45, 2.75) is 45.4 Å². The molecule has 2 N–H and O–H groups in total. The number of nitrogens with one attached hydrogen (secondary N) is 1. The van der Waals surface area contributed by atoms with Crippen molar-refractivity contribution in [1.82, 2.24) is 30.3 Å². The third-order valence-corrected chi connectivity index (χ3v) is 5.71. The highest BCUT2D eigenvalue weighted by atomic mass is 16.5. The van der Waals surface area contributed by atoms with Crippen LogP contribution >= 0.6 is 0 Å². The Hall–Kier alpha value is -4.02. The van der Waals surface area contributed by atoms with Crippen molar-refractivity contribution < 1.29 is 24.2 Å². The van der Waals surface area contributed by atoms with Crippen LogP contribution in [0.5, 0.6) is 5.88 Å². The number of carboxylic acids is 1. The van der Waals surface area contributed by atoms with E-state index in [9.17, 15) is 9.59 Å². The fourth-order valence-electron chi connectivity index (χ4n) is 3.83. The lowest BCUT2D eigenvalue weighted by molar-refractivity contribution is -0.141. The van der Waals surface area contributed by atoms with Crippen LogP contribution in [0.25, 0.3) is 11.4 Å². The van der Waals surface area contributed by atoms with E-state index in [1.54, 1.807) is 18.7 Å². The lowest BCUT2D eigenvalue weighted by atomic mass is 10.1. The molecule has 0 bridgehead atoms. The molecular formula is C23H26N6O5. The van der Waals surface area contributed by atoms with E-state index in [0.717, 1.165) is 5.56 Å². The predicted octanol–water partition coefficient (Wildman–Crippen LogP) is 2.64. The lowest BCUT2D eigenvalue weighted by Gasteiger charge is -2.14. The largest absolute Gasteiger partial charge is 0.481 e. The maximum Gasteiger partial charge on any atom is 0.407 e. The van der Waals surface area contributed by atoms with Crippen LogP contribution in [0, 0.1) is 12.8 Å². The van der Waals surface area contributed by atoms with E-state index < -0.39 is 12.1 Å². The number of alkyl carbamates (subject to hydrolysis) is 1. The van der Waals surface area contributed by atoms with Crippen molar-refractivity contribution >= 4 is 12.1 Å². The first-order valence-electron chi connectivity index (χ1n) is 11.0. The molecule has 1 fully saturated rings. The molecule has 34 heavy (non-hydrogen) atoms. The summed E-state index contributed by atoms with van der Waals surface area (Å²) in [6, 6.07) is 9.41. The van der Waals surface area contributed by atoms with Crippen molar-refractivity contribution in [3.05, 3.63) is 53.5 Å². The Morgan fingerprint density at radius 1 is 1.24 bits per heavy atom. The maximum absolute atomic E-state index is 12.1. The number of aryl methyl sites for hydroxylation is 2. The first-order chi connectivity index (χ1) is 16.4. The molecule has 1 saturated carbocycles. The summed E-state index contributed by atoms with van der Waals surface area (Å²) in [5, 5.41) is 20.1. The van der Waals surface area contributed by atoms with Gasteiger partial charge in [-0.05, 0) is 31.7 Å². The average Bonchev–Trinajstić information content (AvgIpc) is 3.45. The van der Waals surface area contributed by atoms with Gasteiger partial charge in [-0.1, -0.05) is 35.5 Å². The predicted molar refractivity (Wildman–Crippen MR) is 120 cm³/mol. The molecule has 0 spiro atoms. The second kappa shape index (κ2) is 10.3. The van der Waals surface area contributed by atoms with Crippen LogP contribution in [0.15, 0.2) is 36.5 Å². The Morgan fingerprint density at radius 2 is 2.03 bits per heavy atom. The van der Waals surface area contributed by atoms with Gasteiger partial charge in [-0.2, -0.15) is 0 Å². The second-order valence-electron chi connectivity index (χ2n) is 8.16. The first-order valence-corrected chi connectivity index (χ1v) is 11.0. The molecular weight excluding hydrogens is 440 g/mol. The number of hydrogen-bond donors (Lipinski definition) is 2. The van der Waals surface area contributed by atoms with Gasteiger partial charge >= 0.3 is 12.1 Å². The first kappa shape index (κ1) is 23.1. The summed E-state index contributed by atoms with van der Waals surface area (Å²) in [5.74, 6) is -0.809. The molecule has 1 aromatic carbocycles. The zero-order chi connectivity index (χ0) is 24.1. The topological polar surface area (TPSA) is 141 Å². The number of hydrogen-bond acceptors (Lipinski definition) is 8. The molecule has 2 aromatic heterocycles. The molecule has 0 saturated heterocycles. The van der Waals surface area contributed by atoms with Crippen molar-refractivity contribution in [2.75, 3.05) is 0 Å². The second-order valence-corrected chi connectivity index (χ2v) is 8.16. The number of aromatic nitrogens is 5. The smallest absolute Gasteiger partial charge is 0.407 e. The summed E-state index contributed by atoms with van der Waals surface area (Å²) in [6.07, 6.45) is 2.50. The number of amides is 1. The van der Waals surface area contributed by atoms with Gasteiger partial charge in [-0.25, -0.2) is 19.4 Å². The number of benzene rings is 1. The molecule has 1 aliphatic rings. The molecule has 2 heterocycles. The number of rotatable bonds is 8. The van der Waals surface area contributed by atoms with Crippen LogP contribution < -0.4 is 10.1 Å². The van der Waals surface area contributed by atoms with E-state index in [2.05, 4.69) is 25.6 Å². The molecule has 11 nitrogen and oxygen atoms in total. The molecule has 1 aliphatic carbocycles. The monoisotopic (exact) mass is 466 g/mol. The molecule has 3 aromatic rings. The molecule has 0 radical (unpaired) electrons. The molecule has 2 atom stereocenters. The van der Waals surface area contributed by atoms with Gasteiger partial charge in [0.05, 0.1) is 24.4 Å². The van der Waals surface area contributed by atoms with Gasteiger partial charge < -0.3 is 19.9 Å². The fraction of sp³-hybridized carbons (Fsp3) is 0.391. The number of nitrogens with zero attached hydrogens (tertiary/aromatic N) is 5. The van der Waals surface area contributed by atoms with Crippen molar-refractivity contribution in [1.29, 1.82) is 0 Å². The molecule has 1 amide bonds. The van der Waals surface area contributed by atoms with Crippen molar-refractivity contribution in [3.8, 4) is 17.3 Å². The zero-order valence-electron chi connectivity index (χ0n) is 19.0. The van der Waals surface area contributed by atoms with Crippen LogP contribution in [0.3, 0.4) is 0 Å². The summed E-state index contributed by atoms with van der Waals surface area (Å²) < 4.78 is 12.7. The zero-order valence-corrected chi connectivity index (χ0v) is 19.0. The number of carboxylic acid groups (broad SMARTS) is 1. The molecule has 0 aliphatic heterocycles. The fourth-order valence-corrected chi connectivity index (χ4v) is 3.83. The van der Waals surface area contributed by atoms with E-state index in [4.69, 9.17) is 14.6 Å². The Labute approximate surface area is 196 Å². The van der Waals surface area contributed by atoms with Gasteiger partial charge in [0.25, 0.3) is 0 Å². The van der Waals surface area contributed by atoms with E-state index in [1.165, 1.54) is 6.20 Å². The Bertz CT molecular complexity index is 1170. The standard InChI is InChI=1S/C23H26N6O5/c1-14-21(34-17-9-8-16(10-17)22(30)31)24-11-18(26-14)20-19(29(2)28-27-20)12-25-23(32)33-13-15-6-4-3-5-7-15/h3-7,11,16-17H,8-10,12-13H2,1-2H3,(H,25,32)(H,30,31)/t16-,17-/m0/s1. The van der Waals surface area contributed by atoms with Gasteiger partial charge in [0.2, 0.25) is 5.88 Å². The van der Waals surface area contributed by atoms with E-state index in [0.29, 0.717) is 47.9 Å². The number of aliphatic carboxylic acids is 1. The molecule has 0 unspecified atom stereocenters. The number of carbonyl (C=O) groups excluding carboxylic acids is 1. The summed E-state index contributed by atoms with van der Waals surface area (Å²) in [4.78, 5) is 32.2. The van der Waals surface area contributed by atoms with Crippen LogP contribution in [-0.2, 0) is 29.7 Å². The highest BCUT2D eigenvalue weighted by Crippen LogP contribution is 2.30. The molecule has 4 rings (SSSR count). The SMILES string of the molecule is Cc1nc(-c2nnn(C)c2CNC(=O)OCc2ccccc2)cnc1O[C@H]1CC[C@H](C(=O)O)C1. The summed E-state index contributed by atoms with van der Waals surface area (Å²) >= 11 is 0. The van der Waals surface area contributed by atoms with Gasteiger partial charge in [0.15, 0.2) is 0 Å². The summed E-state index contributed by atoms with van der Waals surface area (Å²) in [7, 11) is 1.72. The minimum Gasteiger partial charge on any atom is -0.481 e. The van der Waals surface area contributed by atoms with Crippen LogP contribution in [0.4, 0.5) is 4.79 Å². The highest BCUT2D eigenvalue weighted by molar-refractivity contribution is 5.70. The molecule has 11 heteroatoms. The van der Waals surface area contributed by atoms with Crippen LogP contribution in [-0.4, -0.2) is 48.2 Å². The van der Waals surface area contributed by atoms with Crippen LogP contribution in [0.2, 0.25) is 0 Å². The summed E-state index contributed by atoms with van der Waals surface area (Å²) in [5.41, 5.74) is 3.06. The minimum atomic E-state index is -0.794. The normalized spacial score (nSPS) is 17.4. The van der Waals surface area contributed by atoms with Crippen LogP contribution in [0.1, 0.15) is 36.2 Å². The maximum atomic E-state index is 12.1. The Morgan fingerprint density at radius 3 is 2.74 bits per heavy atom. The third-order valence-electron chi connectivity index (χ3n) is 5.71. The van der Waals surface area contributed by atoms with Gasteiger partial charge in [0.1, 0.15) is 29.8 Å². The lowest BCUT2D eigenvalue weighted by Crippen LogP contribution is -2.25. The van der Waals surface area contributed by atoms with Gasteiger partial charge in [0, 0.05) is 7.05 Å². The van der Waals surface area contributed by atoms with Gasteiger partial charge in [-0.15, -0.1) is 5.10 Å². The quantitative estimate of drug-likeness (QED) is 0.512. The van der Waals surface area contributed by atoms with E-state index >= 15 is 0 Å². The highest BCUT2D eigenvalue weighted by Gasteiger charge is 2.31. The van der Waals surface area contributed by atoms with E-state index in [1.807, 2.05) is 30.3 Å². The summed E-state index contributed by atoms with van der Waals surface area (Å²) in [6.45, 7) is 2.08. The van der Waals surface area contributed by atoms with E-state index in [-0.39, 0.29) is 25.2 Å². The average molecular weight is 466 g/mol. The number of carbonyl (C=O) groups is 2. The minimum absolute atomic E-state index is 0.143. The Balaban J connectivity index is 1.38. The number of ether oxygens (including phenoxy) is 2. The molecule has 178 valence electrons.